The highest BCUT2D eigenvalue weighted by Crippen LogP contribution is 2.33. The van der Waals surface area contributed by atoms with Gasteiger partial charge in [-0.25, -0.2) is 0 Å². The number of allylic oxidation sites excluding steroid dienone is 1. The van der Waals surface area contributed by atoms with Crippen molar-refractivity contribution in [2.45, 2.75) is 46.0 Å². The van der Waals surface area contributed by atoms with Gasteiger partial charge in [0.2, 0.25) is 0 Å². The predicted molar refractivity (Wildman–Crippen MR) is 78.0 cm³/mol. The Morgan fingerprint density at radius 3 is 2.53 bits per heavy atom. The van der Waals surface area contributed by atoms with E-state index < -0.39 is 0 Å². The van der Waals surface area contributed by atoms with Crippen LogP contribution in [-0.4, -0.2) is 12.4 Å². The zero-order valence-electron chi connectivity index (χ0n) is 11.9. The highest BCUT2D eigenvalue weighted by molar-refractivity contribution is 6.09. The summed E-state index contributed by atoms with van der Waals surface area (Å²) in [5.74, 6) is 1.06. The molecular formula is C17H22O2. The van der Waals surface area contributed by atoms with E-state index in [1.165, 1.54) is 17.5 Å². The van der Waals surface area contributed by atoms with Gasteiger partial charge in [0.1, 0.15) is 5.75 Å². The summed E-state index contributed by atoms with van der Waals surface area (Å²) in [5.41, 5.74) is 3.96. The van der Waals surface area contributed by atoms with E-state index in [4.69, 9.17) is 4.74 Å². The number of Topliss-reactive ketones (excluding diaryl/α,β-unsaturated/α-hetero) is 1. The molecule has 0 atom stereocenters. The molecule has 102 valence electrons. The van der Waals surface area contributed by atoms with Gasteiger partial charge < -0.3 is 4.74 Å². The molecule has 2 rings (SSSR count). The van der Waals surface area contributed by atoms with Gasteiger partial charge in [0, 0.05) is 5.56 Å². The van der Waals surface area contributed by atoms with Crippen LogP contribution < -0.4 is 4.74 Å². The van der Waals surface area contributed by atoms with Crippen LogP contribution in [0, 0.1) is 0 Å². The average molecular weight is 258 g/mol. The molecule has 0 unspecified atom stereocenters. The minimum absolute atomic E-state index is 0.101. The standard InChI is InChI=1S/C17H22O2/c1-4-12(3)17(18)15-10-11-16(19-5-2)14-9-7-6-8-13(14)15/h10-11H,3-9H2,1-2H3. The molecular weight excluding hydrogens is 236 g/mol. The number of hydrogen-bond acceptors (Lipinski definition) is 2. The third kappa shape index (κ3) is 2.73. The Balaban J connectivity index is 2.46. The fraction of sp³-hybridized carbons (Fsp3) is 0.471. The Hall–Kier alpha value is -1.57. The maximum absolute atomic E-state index is 12.4. The first-order valence-electron chi connectivity index (χ1n) is 7.19. The van der Waals surface area contributed by atoms with Crippen LogP contribution in [0.15, 0.2) is 24.3 Å². The minimum atomic E-state index is 0.101. The topological polar surface area (TPSA) is 26.3 Å². The summed E-state index contributed by atoms with van der Waals surface area (Å²) in [6.45, 7) is 8.51. The highest BCUT2D eigenvalue weighted by Gasteiger charge is 2.21. The van der Waals surface area contributed by atoms with Crippen molar-refractivity contribution in [1.29, 1.82) is 0 Å². The molecule has 2 nitrogen and oxygen atoms in total. The van der Waals surface area contributed by atoms with Crippen molar-refractivity contribution in [2.24, 2.45) is 0 Å². The van der Waals surface area contributed by atoms with Crippen molar-refractivity contribution in [2.75, 3.05) is 6.61 Å². The van der Waals surface area contributed by atoms with Gasteiger partial charge in [-0.15, -0.1) is 0 Å². The molecule has 2 heteroatoms. The fourth-order valence-electron chi connectivity index (χ4n) is 2.69. The molecule has 0 spiro atoms. The van der Waals surface area contributed by atoms with E-state index in [0.717, 1.165) is 30.6 Å². The second-order valence-electron chi connectivity index (χ2n) is 4.99. The van der Waals surface area contributed by atoms with Crippen molar-refractivity contribution < 1.29 is 9.53 Å². The van der Waals surface area contributed by atoms with Gasteiger partial charge in [-0.05, 0) is 67.9 Å². The molecule has 0 N–H and O–H groups in total. The first-order valence-corrected chi connectivity index (χ1v) is 7.19. The Kier molecular flexibility index (Phi) is 4.41. The molecule has 0 aromatic heterocycles. The van der Waals surface area contributed by atoms with E-state index in [2.05, 4.69) is 6.58 Å². The normalized spacial score (nSPS) is 13.8. The van der Waals surface area contributed by atoms with Crippen LogP contribution in [0.4, 0.5) is 0 Å². The third-order valence-corrected chi connectivity index (χ3v) is 3.78. The van der Waals surface area contributed by atoms with Gasteiger partial charge in [-0.1, -0.05) is 13.5 Å². The number of carbonyl (C=O) groups excluding carboxylic acids is 1. The van der Waals surface area contributed by atoms with Crippen LogP contribution in [0.3, 0.4) is 0 Å². The Bertz CT molecular complexity index is 500. The van der Waals surface area contributed by atoms with Gasteiger partial charge in [-0.3, -0.25) is 4.79 Å². The van der Waals surface area contributed by atoms with Crippen LogP contribution in [0.1, 0.15) is 54.6 Å². The van der Waals surface area contributed by atoms with Gasteiger partial charge in [0.05, 0.1) is 6.61 Å². The molecule has 1 aliphatic carbocycles. The maximum atomic E-state index is 12.4. The van der Waals surface area contributed by atoms with Crippen LogP contribution in [0.5, 0.6) is 5.75 Å². The molecule has 1 aliphatic rings. The predicted octanol–water partition coefficient (Wildman–Crippen LogP) is 4.11. The van der Waals surface area contributed by atoms with Crippen LogP contribution in [0.2, 0.25) is 0 Å². The monoisotopic (exact) mass is 258 g/mol. The number of rotatable bonds is 5. The smallest absolute Gasteiger partial charge is 0.188 e. The van der Waals surface area contributed by atoms with Crippen molar-refractivity contribution in [3.05, 3.63) is 41.0 Å². The Morgan fingerprint density at radius 2 is 1.89 bits per heavy atom. The Morgan fingerprint density at radius 1 is 1.21 bits per heavy atom. The molecule has 1 aromatic rings. The van der Waals surface area contributed by atoms with Crippen molar-refractivity contribution in [1.82, 2.24) is 0 Å². The molecule has 0 bridgehead atoms. The lowest BCUT2D eigenvalue weighted by molar-refractivity contribution is 0.103. The fourth-order valence-corrected chi connectivity index (χ4v) is 2.69. The van der Waals surface area contributed by atoms with Gasteiger partial charge in [0.15, 0.2) is 5.78 Å². The van der Waals surface area contributed by atoms with E-state index in [1.807, 2.05) is 26.0 Å². The summed E-state index contributed by atoms with van der Waals surface area (Å²) in [6, 6.07) is 3.86. The van der Waals surface area contributed by atoms with E-state index in [0.29, 0.717) is 18.6 Å². The van der Waals surface area contributed by atoms with E-state index >= 15 is 0 Å². The number of benzene rings is 1. The number of ether oxygens (including phenoxy) is 1. The summed E-state index contributed by atoms with van der Waals surface area (Å²) in [7, 11) is 0. The van der Waals surface area contributed by atoms with Crippen molar-refractivity contribution in [3.63, 3.8) is 0 Å². The second-order valence-corrected chi connectivity index (χ2v) is 4.99. The van der Waals surface area contributed by atoms with Crippen LogP contribution >= 0.6 is 0 Å². The van der Waals surface area contributed by atoms with E-state index in [9.17, 15) is 4.79 Å². The van der Waals surface area contributed by atoms with Gasteiger partial charge in [-0.2, -0.15) is 0 Å². The first kappa shape index (κ1) is 13.9. The maximum Gasteiger partial charge on any atom is 0.188 e. The molecule has 0 amide bonds. The number of carbonyl (C=O) groups is 1. The summed E-state index contributed by atoms with van der Waals surface area (Å²) < 4.78 is 5.69. The molecule has 0 aliphatic heterocycles. The summed E-state index contributed by atoms with van der Waals surface area (Å²) >= 11 is 0. The summed E-state index contributed by atoms with van der Waals surface area (Å²) in [5, 5.41) is 0. The SMILES string of the molecule is C=C(CC)C(=O)c1ccc(OCC)c2c1CCCC2. The quantitative estimate of drug-likeness (QED) is 0.587. The molecule has 19 heavy (non-hydrogen) atoms. The summed E-state index contributed by atoms with van der Waals surface area (Å²) in [6.07, 6.45) is 5.04. The summed E-state index contributed by atoms with van der Waals surface area (Å²) in [4.78, 5) is 12.4. The molecule has 0 fully saturated rings. The number of ketones is 1. The van der Waals surface area contributed by atoms with Gasteiger partial charge in [0.25, 0.3) is 0 Å². The zero-order chi connectivity index (χ0) is 13.8. The largest absolute Gasteiger partial charge is 0.494 e. The first-order chi connectivity index (χ1) is 9.19. The highest BCUT2D eigenvalue weighted by atomic mass is 16.5. The average Bonchev–Trinajstić information content (AvgIpc) is 2.46. The second kappa shape index (κ2) is 6.05. The Labute approximate surface area is 115 Å². The van der Waals surface area contributed by atoms with Crippen LogP contribution in [0.25, 0.3) is 0 Å². The minimum Gasteiger partial charge on any atom is -0.494 e. The van der Waals surface area contributed by atoms with Crippen LogP contribution in [-0.2, 0) is 12.8 Å². The molecule has 0 saturated carbocycles. The zero-order valence-corrected chi connectivity index (χ0v) is 11.9. The number of hydrogen-bond donors (Lipinski definition) is 0. The molecule has 0 saturated heterocycles. The van der Waals surface area contributed by atoms with Gasteiger partial charge >= 0.3 is 0 Å². The third-order valence-electron chi connectivity index (χ3n) is 3.78. The lowest BCUT2D eigenvalue weighted by atomic mass is 9.85. The van der Waals surface area contributed by atoms with Crippen molar-refractivity contribution >= 4 is 5.78 Å². The van der Waals surface area contributed by atoms with Crippen molar-refractivity contribution in [3.8, 4) is 5.75 Å². The number of fused-ring (bicyclic) bond motifs is 1. The molecule has 0 radical (unpaired) electrons. The van der Waals surface area contributed by atoms with E-state index in [-0.39, 0.29) is 5.78 Å². The lowest BCUT2D eigenvalue weighted by Crippen LogP contribution is -2.13. The lowest BCUT2D eigenvalue weighted by Gasteiger charge is -2.22. The molecule has 1 aromatic carbocycles. The molecule has 0 heterocycles. The van der Waals surface area contributed by atoms with E-state index in [1.54, 1.807) is 0 Å².